The van der Waals surface area contributed by atoms with Gasteiger partial charge in [0.2, 0.25) is 0 Å². The highest BCUT2D eigenvalue weighted by molar-refractivity contribution is 5.97. The lowest BCUT2D eigenvalue weighted by Crippen LogP contribution is -2.43. The first-order valence-corrected chi connectivity index (χ1v) is 11.4. The van der Waals surface area contributed by atoms with Crippen molar-refractivity contribution in [2.45, 2.75) is 46.1 Å². The minimum absolute atomic E-state index is 0.0400. The molecule has 0 unspecified atom stereocenters. The third-order valence-electron chi connectivity index (χ3n) is 5.90. The fourth-order valence-corrected chi connectivity index (χ4v) is 4.04. The number of morpholine rings is 1. The summed E-state index contributed by atoms with van der Waals surface area (Å²) in [5, 5.41) is 0. The number of fused-ring (bicyclic) bond motifs is 1. The second-order valence-corrected chi connectivity index (χ2v) is 8.04. The quantitative estimate of drug-likeness (QED) is 0.461. The van der Waals surface area contributed by atoms with Crippen LogP contribution in [0.15, 0.2) is 27.8 Å². The molecule has 8 heteroatoms. The van der Waals surface area contributed by atoms with Gasteiger partial charge in [0.1, 0.15) is 0 Å². The summed E-state index contributed by atoms with van der Waals surface area (Å²) in [6.45, 7) is 9.85. The van der Waals surface area contributed by atoms with Crippen molar-refractivity contribution in [2.24, 2.45) is 0 Å². The molecule has 31 heavy (non-hydrogen) atoms. The number of carbonyl (C=O) groups is 1. The Labute approximate surface area is 182 Å². The van der Waals surface area contributed by atoms with Crippen molar-refractivity contribution in [3.63, 3.8) is 0 Å². The number of nitrogens with zero attached hydrogens (tertiary/aromatic N) is 3. The lowest BCUT2D eigenvalue weighted by atomic mass is 10.1. The lowest BCUT2D eigenvalue weighted by molar-refractivity contribution is 0.0324. The first-order valence-electron chi connectivity index (χ1n) is 11.4. The molecule has 1 fully saturated rings. The van der Waals surface area contributed by atoms with Crippen LogP contribution in [0.3, 0.4) is 0 Å². The third kappa shape index (κ3) is 5.83. The molecule has 170 valence electrons. The summed E-state index contributed by atoms with van der Waals surface area (Å²) in [4.78, 5) is 44.3. The molecule has 8 nitrogen and oxygen atoms in total. The summed E-state index contributed by atoms with van der Waals surface area (Å²) < 4.78 is 6.85. The molecule has 0 spiro atoms. The number of hydrogen-bond donors (Lipinski definition) is 1. The van der Waals surface area contributed by atoms with Crippen molar-refractivity contribution in [1.29, 1.82) is 0 Å². The number of hydrogen-bond acceptors (Lipinski definition) is 5. The highest BCUT2D eigenvalue weighted by Crippen LogP contribution is 2.15. The third-order valence-corrected chi connectivity index (χ3v) is 5.90. The van der Waals surface area contributed by atoms with E-state index in [1.165, 1.54) is 4.57 Å². The molecule has 3 rings (SSSR count). The van der Waals surface area contributed by atoms with Gasteiger partial charge in [-0.3, -0.25) is 19.3 Å². The van der Waals surface area contributed by atoms with Gasteiger partial charge >= 0.3 is 11.1 Å². The van der Waals surface area contributed by atoms with Crippen molar-refractivity contribution in [3.05, 3.63) is 44.5 Å². The van der Waals surface area contributed by atoms with Crippen molar-refractivity contribution >= 4 is 16.9 Å². The van der Waals surface area contributed by atoms with E-state index in [1.807, 2.05) is 11.8 Å². The van der Waals surface area contributed by atoms with Gasteiger partial charge in [-0.25, -0.2) is 0 Å². The first kappa shape index (κ1) is 23.2. The molecule has 2 aromatic rings. The van der Waals surface area contributed by atoms with Gasteiger partial charge in [-0.15, -0.1) is 0 Å². The molecule has 1 aliphatic rings. The molecule has 1 saturated heterocycles. The zero-order valence-corrected chi connectivity index (χ0v) is 18.7. The van der Waals surface area contributed by atoms with Crippen LogP contribution in [0.25, 0.3) is 11.0 Å². The number of carbonyl (C=O) groups excluding carboxylic acids is 1. The van der Waals surface area contributed by atoms with Crippen LogP contribution >= 0.6 is 0 Å². The summed E-state index contributed by atoms with van der Waals surface area (Å²) in [6.07, 6.45) is 4.39. The van der Waals surface area contributed by atoms with Gasteiger partial charge in [-0.1, -0.05) is 26.2 Å². The Hall–Kier alpha value is -2.45. The fourth-order valence-electron chi connectivity index (χ4n) is 4.04. The number of amides is 1. The molecule has 2 heterocycles. The molecule has 0 saturated carbocycles. The molecule has 1 aromatic carbocycles. The predicted octanol–water partition coefficient (Wildman–Crippen LogP) is 2.06. The average Bonchev–Trinajstić information content (AvgIpc) is 2.79. The number of ether oxygens (including phenoxy) is 1. The molecule has 0 atom stereocenters. The van der Waals surface area contributed by atoms with Crippen molar-refractivity contribution in [3.8, 4) is 0 Å². The Kier molecular flexibility index (Phi) is 8.43. The SMILES string of the molecule is CCCCCCN(CCN1CCOCC1)C(=O)c1ccc2c(c1)[nH]c(=O)c(=O)n2CC. The molecule has 1 N–H and O–H groups in total. The molecule has 1 aromatic heterocycles. The van der Waals surface area contributed by atoms with E-state index in [0.717, 1.165) is 58.5 Å². The van der Waals surface area contributed by atoms with Gasteiger partial charge in [0.05, 0.1) is 24.2 Å². The van der Waals surface area contributed by atoms with E-state index in [2.05, 4.69) is 16.8 Å². The molecular formula is C23H34N4O4. The van der Waals surface area contributed by atoms with Crippen LogP contribution in [-0.4, -0.2) is 71.2 Å². The smallest absolute Gasteiger partial charge is 0.316 e. The summed E-state index contributed by atoms with van der Waals surface area (Å²) in [7, 11) is 0. The lowest BCUT2D eigenvalue weighted by Gasteiger charge is -2.30. The van der Waals surface area contributed by atoms with E-state index in [0.29, 0.717) is 36.2 Å². The number of nitrogens with one attached hydrogen (secondary N) is 1. The van der Waals surface area contributed by atoms with Gasteiger partial charge in [0.15, 0.2) is 0 Å². The maximum Gasteiger partial charge on any atom is 0.316 e. The summed E-state index contributed by atoms with van der Waals surface area (Å²) in [5.41, 5.74) is 0.435. The first-order chi connectivity index (χ1) is 15.0. The molecule has 0 radical (unpaired) electrons. The minimum Gasteiger partial charge on any atom is -0.379 e. The number of unbranched alkanes of at least 4 members (excludes halogenated alkanes) is 3. The van der Waals surface area contributed by atoms with Crippen LogP contribution in [-0.2, 0) is 11.3 Å². The molecule has 1 aliphatic heterocycles. The summed E-state index contributed by atoms with van der Waals surface area (Å²) >= 11 is 0. The van der Waals surface area contributed by atoms with Gasteiger partial charge in [0, 0.05) is 44.8 Å². The van der Waals surface area contributed by atoms with Crippen LogP contribution < -0.4 is 11.1 Å². The standard InChI is InChI=1S/C23H34N4O4/c1-3-5-6-7-10-26(12-11-25-13-15-31-16-14-25)22(29)18-8-9-20-19(17-18)24-21(28)23(30)27(20)4-2/h8-9,17H,3-7,10-16H2,1-2H3,(H,24,28). The number of aromatic nitrogens is 2. The van der Waals surface area contributed by atoms with E-state index >= 15 is 0 Å². The maximum atomic E-state index is 13.4. The number of H-pyrrole nitrogens is 1. The number of rotatable bonds is 10. The zero-order valence-electron chi connectivity index (χ0n) is 18.7. The van der Waals surface area contributed by atoms with Gasteiger partial charge in [-0.2, -0.15) is 0 Å². The van der Waals surface area contributed by atoms with Crippen LogP contribution in [0.1, 0.15) is 49.9 Å². The maximum absolute atomic E-state index is 13.4. The highest BCUT2D eigenvalue weighted by Gasteiger charge is 2.19. The Morgan fingerprint density at radius 3 is 2.58 bits per heavy atom. The van der Waals surface area contributed by atoms with Crippen LogP contribution in [0.5, 0.6) is 0 Å². The highest BCUT2D eigenvalue weighted by atomic mass is 16.5. The molecule has 0 bridgehead atoms. The largest absolute Gasteiger partial charge is 0.379 e. The van der Waals surface area contributed by atoms with Crippen molar-refractivity contribution in [2.75, 3.05) is 45.9 Å². The second kappa shape index (κ2) is 11.2. The monoisotopic (exact) mass is 430 g/mol. The van der Waals surface area contributed by atoms with Crippen molar-refractivity contribution < 1.29 is 9.53 Å². The van der Waals surface area contributed by atoms with E-state index in [9.17, 15) is 14.4 Å². The zero-order chi connectivity index (χ0) is 22.2. The van der Waals surface area contributed by atoms with Gasteiger partial charge in [-0.05, 0) is 31.5 Å². The molecular weight excluding hydrogens is 396 g/mol. The van der Waals surface area contributed by atoms with E-state index < -0.39 is 11.1 Å². The number of aryl methyl sites for hydroxylation is 1. The van der Waals surface area contributed by atoms with Crippen LogP contribution in [0.4, 0.5) is 0 Å². The predicted molar refractivity (Wildman–Crippen MR) is 122 cm³/mol. The minimum atomic E-state index is -0.664. The van der Waals surface area contributed by atoms with Gasteiger partial charge < -0.3 is 19.2 Å². The Balaban J connectivity index is 1.80. The number of aromatic amines is 1. The molecule has 0 aliphatic carbocycles. The van der Waals surface area contributed by atoms with E-state index in [1.54, 1.807) is 18.2 Å². The normalized spacial score (nSPS) is 14.8. The number of benzene rings is 1. The second-order valence-electron chi connectivity index (χ2n) is 8.04. The van der Waals surface area contributed by atoms with E-state index in [4.69, 9.17) is 4.74 Å². The average molecular weight is 431 g/mol. The molecule has 1 amide bonds. The Morgan fingerprint density at radius 1 is 1.10 bits per heavy atom. The Bertz CT molecular complexity index is 991. The summed E-state index contributed by atoms with van der Waals surface area (Å²) in [6, 6.07) is 5.20. The Morgan fingerprint density at radius 2 is 1.87 bits per heavy atom. The summed E-state index contributed by atoms with van der Waals surface area (Å²) in [5.74, 6) is -0.0400. The fraction of sp³-hybridized carbons (Fsp3) is 0.609. The van der Waals surface area contributed by atoms with Crippen LogP contribution in [0.2, 0.25) is 0 Å². The van der Waals surface area contributed by atoms with Gasteiger partial charge in [0.25, 0.3) is 5.91 Å². The van der Waals surface area contributed by atoms with E-state index in [-0.39, 0.29) is 5.91 Å². The topological polar surface area (TPSA) is 87.6 Å². The van der Waals surface area contributed by atoms with Crippen molar-refractivity contribution in [1.82, 2.24) is 19.4 Å². The van der Waals surface area contributed by atoms with Crippen LogP contribution in [0, 0.1) is 0 Å².